The van der Waals surface area contributed by atoms with Crippen molar-refractivity contribution < 1.29 is 23.9 Å². The van der Waals surface area contributed by atoms with Crippen molar-refractivity contribution in [1.29, 1.82) is 0 Å². The summed E-state index contributed by atoms with van der Waals surface area (Å²) in [6, 6.07) is 3.22. The number of carbonyl (C=O) groups excluding carboxylic acids is 4. The quantitative estimate of drug-likeness (QED) is 0.450. The largest absolute Gasteiger partial charge is 0.450 e. The van der Waals surface area contributed by atoms with Gasteiger partial charge in [0.15, 0.2) is 0 Å². The molecule has 274 valence electrons. The minimum atomic E-state index is -0.115. The maximum Gasteiger partial charge on any atom is 0.410 e. The Morgan fingerprint density at radius 2 is 1.27 bits per heavy atom. The molecule has 0 saturated carbocycles. The van der Waals surface area contributed by atoms with Gasteiger partial charge in [-0.05, 0) is 129 Å². The number of hydrogen-bond acceptors (Lipinski definition) is 7. The molecule has 11 heteroatoms. The van der Waals surface area contributed by atoms with Crippen LogP contribution in [0.5, 0.6) is 0 Å². The van der Waals surface area contributed by atoms with Gasteiger partial charge in [0, 0.05) is 73.5 Å². The molecule has 8 aliphatic heterocycles. The molecule has 2 spiro atoms. The molecule has 0 aromatic rings. The van der Waals surface area contributed by atoms with Gasteiger partial charge in [-0.25, -0.2) is 4.79 Å². The number of fused-ring (bicyclic) bond motifs is 4. The van der Waals surface area contributed by atoms with Crippen LogP contribution < -0.4 is 10.6 Å². The fourth-order valence-corrected chi connectivity index (χ4v) is 11.5. The number of rotatable bonds is 5. The highest BCUT2D eigenvalue weighted by molar-refractivity contribution is 5.80. The zero-order chi connectivity index (χ0) is 34.3. The number of carbonyl (C=O) groups is 4. The molecule has 49 heavy (non-hydrogen) atoms. The second-order valence-corrected chi connectivity index (χ2v) is 17.0. The van der Waals surface area contributed by atoms with Gasteiger partial charge in [0.25, 0.3) is 0 Å². The monoisotopic (exact) mass is 682 g/mol. The first kappa shape index (κ1) is 35.0. The van der Waals surface area contributed by atoms with Gasteiger partial charge in [-0.3, -0.25) is 14.4 Å². The molecule has 0 aromatic carbocycles. The lowest BCUT2D eigenvalue weighted by Gasteiger charge is -2.47. The van der Waals surface area contributed by atoms with Gasteiger partial charge in [-0.2, -0.15) is 0 Å². The molecular formula is C38H62N6O5. The average molecular weight is 683 g/mol. The van der Waals surface area contributed by atoms with Crippen molar-refractivity contribution in [1.82, 2.24) is 30.2 Å². The first-order valence-electron chi connectivity index (χ1n) is 19.9. The molecule has 5 unspecified atom stereocenters. The van der Waals surface area contributed by atoms with Crippen LogP contribution in [0.1, 0.15) is 124 Å². The van der Waals surface area contributed by atoms with Crippen LogP contribution in [-0.4, -0.2) is 125 Å². The van der Waals surface area contributed by atoms with Crippen LogP contribution in [-0.2, 0) is 19.1 Å². The third-order valence-corrected chi connectivity index (χ3v) is 14.3. The summed E-state index contributed by atoms with van der Waals surface area (Å²) in [5.74, 6) is 0.850. The number of amides is 4. The standard InChI is InChI=1S/C19H31N3O3.C19H31N3O2/c1-3-25-18(24)22-14-4-5-15(22)11-16(10-14)21-8-6-19(7-9-21)12-17(23)20-13(19)2;1-2-3-18(24)22-14-4-5-15(22)11-16(10-14)21-8-6-19(7-9-21)12-17(23)20-13-19/h13-16H,3-12H2,1-2H3,(H,20,23);14-16H,2-13H2,1H3,(H,20,23). The maximum absolute atomic E-state index is 12.4. The molecule has 5 atom stereocenters. The van der Waals surface area contributed by atoms with Gasteiger partial charge in [0.2, 0.25) is 17.7 Å². The molecule has 11 nitrogen and oxygen atoms in total. The average Bonchev–Trinajstić information content (AvgIpc) is 3.76. The third kappa shape index (κ3) is 6.96. The number of hydrogen-bond donors (Lipinski definition) is 2. The van der Waals surface area contributed by atoms with E-state index in [1.165, 1.54) is 12.8 Å². The van der Waals surface area contributed by atoms with Crippen LogP contribution in [0.25, 0.3) is 0 Å². The molecule has 0 aliphatic carbocycles. The Bertz CT molecular complexity index is 1220. The van der Waals surface area contributed by atoms with E-state index in [1.54, 1.807) is 0 Å². The summed E-state index contributed by atoms with van der Waals surface area (Å²) in [7, 11) is 0. The second kappa shape index (κ2) is 14.3. The molecule has 8 saturated heterocycles. The summed E-state index contributed by atoms with van der Waals surface area (Å²) in [4.78, 5) is 57.6. The number of piperidine rings is 4. The summed E-state index contributed by atoms with van der Waals surface area (Å²) in [6.45, 7) is 11.9. The van der Waals surface area contributed by atoms with Gasteiger partial charge in [0.1, 0.15) is 0 Å². The zero-order valence-electron chi connectivity index (χ0n) is 30.4. The summed E-state index contributed by atoms with van der Waals surface area (Å²) in [5.41, 5.74) is 0.419. The Morgan fingerprint density at radius 3 is 1.71 bits per heavy atom. The van der Waals surface area contributed by atoms with Crippen LogP contribution in [0.15, 0.2) is 0 Å². The van der Waals surface area contributed by atoms with E-state index in [2.05, 4.69) is 39.2 Å². The van der Waals surface area contributed by atoms with Crippen molar-refractivity contribution in [3.63, 3.8) is 0 Å². The first-order chi connectivity index (χ1) is 23.6. The molecule has 8 fully saturated rings. The maximum atomic E-state index is 12.4. The van der Waals surface area contributed by atoms with E-state index >= 15 is 0 Å². The predicted molar refractivity (Wildman–Crippen MR) is 187 cm³/mol. The Morgan fingerprint density at radius 1 is 0.735 bits per heavy atom. The molecule has 8 heterocycles. The molecular weight excluding hydrogens is 620 g/mol. The summed E-state index contributed by atoms with van der Waals surface area (Å²) >= 11 is 0. The summed E-state index contributed by atoms with van der Waals surface area (Å²) in [6.07, 6.45) is 16.6. The minimum absolute atomic E-state index is 0.115. The molecule has 8 rings (SSSR count). The van der Waals surface area contributed by atoms with Crippen molar-refractivity contribution >= 4 is 23.8 Å². The van der Waals surface area contributed by atoms with Crippen molar-refractivity contribution in [2.75, 3.05) is 39.3 Å². The van der Waals surface area contributed by atoms with Crippen molar-refractivity contribution in [3.05, 3.63) is 0 Å². The molecule has 0 radical (unpaired) electrons. The molecule has 4 bridgehead atoms. The number of likely N-dealkylation sites (tertiary alicyclic amines) is 2. The van der Waals surface area contributed by atoms with E-state index < -0.39 is 0 Å². The van der Waals surface area contributed by atoms with Gasteiger partial charge in [-0.15, -0.1) is 0 Å². The van der Waals surface area contributed by atoms with E-state index in [4.69, 9.17) is 4.74 Å². The molecule has 0 aromatic heterocycles. The van der Waals surface area contributed by atoms with Gasteiger partial charge >= 0.3 is 6.09 Å². The molecule has 8 aliphatic rings. The lowest BCUT2D eigenvalue weighted by atomic mass is 9.72. The van der Waals surface area contributed by atoms with Crippen LogP contribution in [0, 0.1) is 10.8 Å². The lowest BCUT2D eigenvalue weighted by Crippen LogP contribution is -2.55. The number of nitrogens with one attached hydrogen (secondary N) is 2. The zero-order valence-corrected chi connectivity index (χ0v) is 30.4. The normalized spacial score (nSPS) is 36.4. The molecule has 4 amide bonds. The van der Waals surface area contributed by atoms with Gasteiger partial charge < -0.3 is 35.0 Å². The fraction of sp³-hybridized carbons (Fsp3) is 0.895. The van der Waals surface area contributed by atoms with Gasteiger partial charge in [0.05, 0.1) is 6.61 Å². The highest BCUT2D eigenvalue weighted by atomic mass is 16.6. The third-order valence-electron chi connectivity index (χ3n) is 14.3. The van der Waals surface area contributed by atoms with E-state index in [9.17, 15) is 19.2 Å². The Balaban J connectivity index is 0.000000154. The number of nitrogens with zero attached hydrogens (tertiary/aromatic N) is 4. The van der Waals surface area contributed by atoms with Crippen molar-refractivity contribution in [2.45, 2.75) is 166 Å². The first-order valence-corrected chi connectivity index (χ1v) is 19.9. The summed E-state index contributed by atoms with van der Waals surface area (Å²) in [5, 5.41) is 6.14. The highest BCUT2D eigenvalue weighted by Crippen LogP contribution is 2.45. The number of ether oxygens (including phenoxy) is 1. The Labute approximate surface area is 293 Å². The SMILES string of the molecule is CCCC(=O)N1C2CCC1CC(N1CCC3(CC1)CNC(=O)C3)C2.CCOC(=O)N1C2CCC1CC(N1CCC3(CC1)CC(=O)NC3C)C2. The smallest absolute Gasteiger partial charge is 0.410 e. The van der Waals surface area contributed by atoms with Crippen LogP contribution in [0.3, 0.4) is 0 Å². The van der Waals surface area contributed by atoms with Crippen molar-refractivity contribution in [2.24, 2.45) is 10.8 Å². The van der Waals surface area contributed by atoms with Gasteiger partial charge in [-0.1, -0.05) is 6.92 Å². The van der Waals surface area contributed by atoms with Crippen LogP contribution in [0.4, 0.5) is 4.79 Å². The Kier molecular flexibility index (Phi) is 10.2. The fourth-order valence-electron chi connectivity index (χ4n) is 11.5. The predicted octanol–water partition coefficient (Wildman–Crippen LogP) is 4.04. The van der Waals surface area contributed by atoms with E-state index in [0.717, 1.165) is 110 Å². The van der Waals surface area contributed by atoms with Crippen molar-refractivity contribution in [3.8, 4) is 0 Å². The second-order valence-electron chi connectivity index (χ2n) is 17.0. The minimum Gasteiger partial charge on any atom is -0.450 e. The topological polar surface area (TPSA) is 115 Å². The summed E-state index contributed by atoms with van der Waals surface area (Å²) < 4.78 is 5.26. The van der Waals surface area contributed by atoms with Crippen LogP contribution in [0.2, 0.25) is 0 Å². The van der Waals surface area contributed by atoms with Crippen LogP contribution >= 0.6 is 0 Å². The highest BCUT2D eigenvalue weighted by Gasteiger charge is 2.50. The van der Waals surface area contributed by atoms with E-state index in [1.807, 2.05) is 11.8 Å². The van der Waals surface area contributed by atoms with E-state index in [0.29, 0.717) is 67.6 Å². The van der Waals surface area contributed by atoms with E-state index in [-0.39, 0.29) is 28.7 Å². The Hall–Kier alpha value is -2.40. The molecule has 2 N–H and O–H groups in total. The lowest BCUT2D eigenvalue weighted by molar-refractivity contribution is -0.137.